The Bertz CT molecular complexity index is 972. The third-order valence-electron chi connectivity index (χ3n) is 3.36. The normalized spacial score (nSPS) is 10.9. The van der Waals surface area contributed by atoms with E-state index in [0.717, 1.165) is 14.9 Å². The molecule has 0 spiro atoms. The number of hydrazone groups is 1. The monoisotopic (exact) mass is 413 g/mol. The number of non-ortho nitro benzene ring substituents is 1. The summed E-state index contributed by atoms with van der Waals surface area (Å²) >= 11 is 2.76. The Morgan fingerprint density at radius 2 is 1.82 bits per heavy atom. The summed E-state index contributed by atoms with van der Waals surface area (Å²) in [4.78, 5) is 23.8. The van der Waals surface area contributed by atoms with Crippen LogP contribution >= 0.6 is 23.5 Å². The number of hydrogen-bond acceptors (Lipinski definition) is 7. The van der Waals surface area contributed by atoms with Gasteiger partial charge in [-0.2, -0.15) is 5.10 Å². The maximum absolute atomic E-state index is 11.8. The van der Waals surface area contributed by atoms with Crippen molar-refractivity contribution in [3.05, 3.63) is 82.6 Å². The molecule has 0 unspecified atom stereocenters. The first kappa shape index (κ1) is 19.7. The second-order valence-electron chi connectivity index (χ2n) is 5.40. The number of rotatable bonds is 8. The van der Waals surface area contributed by atoms with Gasteiger partial charge in [-0.3, -0.25) is 14.9 Å². The van der Waals surface area contributed by atoms with Crippen LogP contribution in [0.1, 0.15) is 5.76 Å². The smallest absolute Gasteiger partial charge is 0.269 e. The molecule has 1 N–H and O–H groups in total. The van der Waals surface area contributed by atoms with Gasteiger partial charge in [0.05, 0.1) is 16.9 Å². The molecule has 1 aromatic heterocycles. The maximum atomic E-state index is 11.8. The second kappa shape index (κ2) is 9.77. The van der Waals surface area contributed by atoms with Crippen LogP contribution in [0.15, 0.2) is 91.1 Å². The Labute approximate surface area is 169 Å². The zero-order valence-corrected chi connectivity index (χ0v) is 16.1. The molecular formula is C19H15N3O4S2. The zero-order chi connectivity index (χ0) is 19.8. The molecule has 0 aliphatic carbocycles. The summed E-state index contributed by atoms with van der Waals surface area (Å²) in [6, 6.07) is 19.5. The Kier molecular flexibility index (Phi) is 6.88. The molecule has 0 bridgehead atoms. The molecular weight excluding hydrogens is 398 g/mol. The summed E-state index contributed by atoms with van der Waals surface area (Å²) in [6.07, 6.45) is 1.43. The van der Waals surface area contributed by atoms with Crippen LogP contribution in [0.2, 0.25) is 0 Å². The van der Waals surface area contributed by atoms with Gasteiger partial charge in [0.15, 0.2) is 5.09 Å². The van der Waals surface area contributed by atoms with E-state index < -0.39 is 4.92 Å². The van der Waals surface area contributed by atoms with Crippen LogP contribution in [0.5, 0.6) is 0 Å². The Balaban J connectivity index is 1.44. The Morgan fingerprint density at radius 1 is 1.07 bits per heavy atom. The Hall–Kier alpha value is -3.04. The molecule has 9 heteroatoms. The third-order valence-corrected chi connectivity index (χ3v) is 5.30. The number of nitrogens with zero attached hydrogens (tertiary/aromatic N) is 2. The van der Waals surface area contributed by atoms with Gasteiger partial charge >= 0.3 is 0 Å². The third kappa shape index (κ3) is 6.00. The predicted octanol–water partition coefficient (Wildman–Crippen LogP) is 4.58. The highest BCUT2D eigenvalue weighted by Gasteiger charge is 2.06. The van der Waals surface area contributed by atoms with E-state index in [4.69, 9.17) is 4.42 Å². The number of hydrogen-bond donors (Lipinski definition) is 1. The van der Waals surface area contributed by atoms with Crippen molar-refractivity contribution in [1.82, 2.24) is 5.43 Å². The number of thioether (sulfide) groups is 1. The molecule has 28 heavy (non-hydrogen) atoms. The molecule has 0 saturated heterocycles. The van der Waals surface area contributed by atoms with E-state index in [0.29, 0.717) is 5.76 Å². The van der Waals surface area contributed by atoms with Gasteiger partial charge in [0.1, 0.15) is 5.76 Å². The first-order chi connectivity index (χ1) is 13.6. The van der Waals surface area contributed by atoms with Gasteiger partial charge in [0, 0.05) is 21.9 Å². The van der Waals surface area contributed by atoms with Crippen LogP contribution in [0.25, 0.3) is 0 Å². The molecule has 0 saturated carbocycles. The quantitative estimate of drug-likeness (QED) is 0.251. The number of benzene rings is 2. The van der Waals surface area contributed by atoms with E-state index in [2.05, 4.69) is 10.5 Å². The lowest BCUT2D eigenvalue weighted by molar-refractivity contribution is -0.384. The van der Waals surface area contributed by atoms with Crippen LogP contribution in [0.3, 0.4) is 0 Å². The van der Waals surface area contributed by atoms with Crippen molar-refractivity contribution in [2.45, 2.75) is 14.9 Å². The highest BCUT2D eigenvalue weighted by molar-refractivity contribution is 8.00. The van der Waals surface area contributed by atoms with Crippen molar-refractivity contribution in [3.8, 4) is 0 Å². The molecule has 1 heterocycles. The van der Waals surface area contributed by atoms with Gasteiger partial charge in [-0.05, 0) is 36.4 Å². The maximum Gasteiger partial charge on any atom is 0.269 e. The second-order valence-corrected chi connectivity index (χ2v) is 7.53. The fourth-order valence-electron chi connectivity index (χ4n) is 2.08. The number of carbonyl (C=O) groups is 1. The van der Waals surface area contributed by atoms with E-state index in [1.165, 1.54) is 41.9 Å². The lowest BCUT2D eigenvalue weighted by Gasteiger charge is -2.00. The molecule has 2 aromatic carbocycles. The van der Waals surface area contributed by atoms with Crippen molar-refractivity contribution in [2.75, 3.05) is 5.75 Å². The van der Waals surface area contributed by atoms with Gasteiger partial charge < -0.3 is 4.42 Å². The standard InChI is InChI=1S/C19H15N3O4S2/c23-18(13-27-16-9-6-14(7-10-16)22(24)25)21-20-12-15-8-11-19(26-15)28-17-4-2-1-3-5-17/h1-12H,13H2,(H,21,23)/b20-12-. The molecule has 0 radical (unpaired) electrons. The Morgan fingerprint density at radius 3 is 2.54 bits per heavy atom. The minimum absolute atomic E-state index is 0.0154. The molecule has 0 aliphatic rings. The van der Waals surface area contributed by atoms with E-state index in [-0.39, 0.29) is 17.3 Å². The summed E-state index contributed by atoms with van der Waals surface area (Å²) in [7, 11) is 0. The van der Waals surface area contributed by atoms with E-state index in [9.17, 15) is 14.9 Å². The highest BCUT2D eigenvalue weighted by Crippen LogP contribution is 2.28. The fraction of sp³-hybridized carbons (Fsp3) is 0.0526. The van der Waals surface area contributed by atoms with Crippen LogP contribution in [-0.2, 0) is 4.79 Å². The summed E-state index contributed by atoms with van der Waals surface area (Å²) in [6.45, 7) is 0. The number of nitro groups is 1. The summed E-state index contributed by atoms with van der Waals surface area (Å²) in [5, 5.41) is 15.2. The molecule has 7 nitrogen and oxygen atoms in total. The van der Waals surface area contributed by atoms with Gasteiger partial charge in [-0.1, -0.05) is 30.0 Å². The number of furan rings is 1. The van der Waals surface area contributed by atoms with Gasteiger partial charge in [0.2, 0.25) is 5.91 Å². The van der Waals surface area contributed by atoms with Gasteiger partial charge in [-0.15, -0.1) is 11.8 Å². The average molecular weight is 413 g/mol. The number of carbonyl (C=O) groups excluding carboxylic acids is 1. The van der Waals surface area contributed by atoms with Gasteiger partial charge in [-0.25, -0.2) is 5.43 Å². The van der Waals surface area contributed by atoms with Crippen molar-refractivity contribution < 1.29 is 14.1 Å². The first-order valence-electron chi connectivity index (χ1n) is 8.12. The van der Waals surface area contributed by atoms with E-state index in [1.807, 2.05) is 36.4 Å². The van der Waals surface area contributed by atoms with Crippen molar-refractivity contribution in [1.29, 1.82) is 0 Å². The lowest BCUT2D eigenvalue weighted by Crippen LogP contribution is -2.19. The molecule has 1 amide bonds. The van der Waals surface area contributed by atoms with Crippen LogP contribution in [0, 0.1) is 10.1 Å². The number of nitrogens with one attached hydrogen (secondary N) is 1. The number of amides is 1. The average Bonchev–Trinajstić information content (AvgIpc) is 3.14. The largest absolute Gasteiger partial charge is 0.448 e. The summed E-state index contributed by atoms with van der Waals surface area (Å²) in [5.41, 5.74) is 2.44. The number of nitro benzene ring substituents is 1. The van der Waals surface area contributed by atoms with Crippen molar-refractivity contribution >= 4 is 41.3 Å². The minimum Gasteiger partial charge on any atom is -0.448 e. The van der Waals surface area contributed by atoms with Crippen molar-refractivity contribution in [3.63, 3.8) is 0 Å². The molecule has 0 atom stereocenters. The predicted molar refractivity (Wildman–Crippen MR) is 109 cm³/mol. The van der Waals surface area contributed by atoms with Crippen LogP contribution in [-0.4, -0.2) is 22.8 Å². The fourth-order valence-corrected chi connectivity index (χ4v) is 3.57. The molecule has 0 fully saturated rings. The minimum atomic E-state index is -0.464. The molecule has 3 aromatic rings. The lowest BCUT2D eigenvalue weighted by atomic mass is 10.3. The van der Waals surface area contributed by atoms with Crippen LogP contribution in [0.4, 0.5) is 5.69 Å². The topological polar surface area (TPSA) is 97.7 Å². The highest BCUT2D eigenvalue weighted by atomic mass is 32.2. The van der Waals surface area contributed by atoms with Crippen LogP contribution < -0.4 is 5.43 Å². The molecule has 3 rings (SSSR count). The zero-order valence-electron chi connectivity index (χ0n) is 14.5. The first-order valence-corrected chi connectivity index (χ1v) is 9.92. The SMILES string of the molecule is O=C(CSc1ccc([N+](=O)[O-])cc1)N/N=C\c1ccc(Sc2ccccc2)o1. The van der Waals surface area contributed by atoms with E-state index >= 15 is 0 Å². The van der Waals surface area contributed by atoms with Gasteiger partial charge in [0.25, 0.3) is 5.69 Å². The molecule has 0 aliphatic heterocycles. The summed E-state index contributed by atoms with van der Waals surface area (Å²) < 4.78 is 5.63. The summed E-state index contributed by atoms with van der Waals surface area (Å²) in [5.74, 6) is 0.384. The van der Waals surface area contributed by atoms with E-state index in [1.54, 1.807) is 18.2 Å². The molecule has 142 valence electrons. The van der Waals surface area contributed by atoms with Crippen molar-refractivity contribution in [2.24, 2.45) is 5.10 Å².